The molecule has 30 heavy (non-hydrogen) atoms. The number of halogens is 2. The first-order chi connectivity index (χ1) is 14.4. The zero-order valence-corrected chi connectivity index (χ0v) is 18.0. The van der Waals surface area contributed by atoms with E-state index in [0.29, 0.717) is 28.7 Å². The van der Waals surface area contributed by atoms with Gasteiger partial charge in [0, 0.05) is 60.3 Å². The van der Waals surface area contributed by atoms with Gasteiger partial charge >= 0.3 is 0 Å². The third-order valence-corrected chi connectivity index (χ3v) is 5.51. The average molecular weight is 448 g/mol. The Morgan fingerprint density at radius 1 is 0.800 bits per heavy atom. The standard InChI is InChI=1S/C22H23Cl2N3O3/c23-17-3-1-16(2-4-17)20(28)9-10-21(29)25-15-22(30)27-13-11-26(12-14-27)19-7-5-18(24)6-8-19/h1-8H,9-15H2,(H,25,29). The fraction of sp³-hybridized carbons (Fsp3) is 0.318. The largest absolute Gasteiger partial charge is 0.368 e. The van der Waals surface area contributed by atoms with Gasteiger partial charge in [-0.05, 0) is 48.5 Å². The van der Waals surface area contributed by atoms with Crippen LogP contribution in [0.3, 0.4) is 0 Å². The van der Waals surface area contributed by atoms with E-state index in [0.717, 1.165) is 18.8 Å². The number of hydrogen-bond donors (Lipinski definition) is 1. The highest BCUT2D eigenvalue weighted by atomic mass is 35.5. The molecular weight excluding hydrogens is 425 g/mol. The van der Waals surface area contributed by atoms with Crippen molar-refractivity contribution in [3.8, 4) is 0 Å². The van der Waals surface area contributed by atoms with E-state index >= 15 is 0 Å². The molecule has 1 aliphatic heterocycles. The zero-order valence-electron chi connectivity index (χ0n) is 16.4. The Balaban J connectivity index is 1.37. The molecule has 158 valence electrons. The minimum atomic E-state index is -0.314. The average Bonchev–Trinajstić information content (AvgIpc) is 2.77. The fourth-order valence-corrected chi connectivity index (χ4v) is 3.50. The van der Waals surface area contributed by atoms with Gasteiger partial charge in [0.15, 0.2) is 5.78 Å². The van der Waals surface area contributed by atoms with Crippen LogP contribution in [0.25, 0.3) is 0 Å². The van der Waals surface area contributed by atoms with E-state index in [2.05, 4.69) is 10.2 Å². The van der Waals surface area contributed by atoms with Crippen molar-refractivity contribution in [1.82, 2.24) is 10.2 Å². The Labute approximate surface area is 185 Å². The van der Waals surface area contributed by atoms with E-state index in [1.165, 1.54) is 0 Å². The summed E-state index contributed by atoms with van der Waals surface area (Å²) in [7, 11) is 0. The summed E-state index contributed by atoms with van der Waals surface area (Å²) in [4.78, 5) is 40.4. The van der Waals surface area contributed by atoms with Crippen LogP contribution in [-0.2, 0) is 9.59 Å². The maximum absolute atomic E-state index is 12.4. The molecule has 1 heterocycles. The molecule has 0 unspecified atom stereocenters. The lowest BCUT2D eigenvalue weighted by molar-refractivity contribution is -0.133. The summed E-state index contributed by atoms with van der Waals surface area (Å²) >= 11 is 11.7. The number of benzene rings is 2. The molecular formula is C22H23Cl2N3O3. The first kappa shape index (κ1) is 22.1. The molecule has 1 saturated heterocycles. The summed E-state index contributed by atoms with van der Waals surface area (Å²) in [5.41, 5.74) is 1.59. The second-order valence-corrected chi connectivity index (χ2v) is 7.92. The Hall–Kier alpha value is -2.57. The van der Waals surface area contributed by atoms with Crippen LogP contribution in [0.5, 0.6) is 0 Å². The lowest BCUT2D eigenvalue weighted by atomic mass is 10.1. The van der Waals surface area contributed by atoms with Gasteiger partial charge in [0.05, 0.1) is 6.54 Å². The zero-order chi connectivity index (χ0) is 21.5. The van der Waals surface area contributed by atoms with Gasteiger partial charge in [0.2, 0.25) is 11.8 Å². The predicted molar refractivity (Wildman–Crippen MR) is 118 cm³/mol. The van der Waals surface area contributed by atoms with Crippen molar-refractivity contribution in [2.45, 2.75) is 12.8 Å². The molecule has 6 nitrogen and oxygen atoms in total. The molecule has 0 bridgehead atoms. The number of amides is 2. The van der Waals surface area contributed by atoms with Gasteiger partial charge in [-0.25, -0.2) is 0 Å². The fourth-order valence-electron chi connectivity index (χ4n) is 3.25. The molecule has 1 N–H and O–H groups in total. The Bertz CT molecular complexity index is 893. The first-order valence-electron chi connectivity index (χ1n) is 9.76. The van der Waals surface area contributed by atoms with Gasteiger partial charge in [-0.1, -0.05) is 23.2 Å². The van der Waals surface area contributed by atoms with E-state index in [1.54, 1.807) is 29.2 Å². The molecule has 1 fully saturated rings. The van der Waals surface area contributed by atoms with Crippen LogP contribution < -0.4 is 10.2 Å². The van der Waals surface area contributed by atoms with E-state index in [4.69, 9.17) is 23.2 Å². The monoisotopic (exact) mass is 447 g/mol. The Morgan fingerprint density at radius 3 is 1.97 bits per heavy atom. The number of piperazine rings is 1. The van der Waals surface area contributed by atoms with Crippen LogP contribution in [0, 0.1) is 0 Å². The number of anilines is 1. The third-order valence-electron chi connectivity index (χ3n) is 5.01. The topological polar surface area (TPSA) is 69.7 Å². The van der Waals surface area contributed by atoms with Crippen molar-refractivity contribution in [1.29, 1.82) is 0 Å². The number of nitrogens with zero attached hydrogens (tertiary/aromatic N) is 2. The van der Waals surface area contributed by atoms with E-state index in [1.807, 2.05) is 24.3 Å². The van der Waals surface area contributed by atoms with Crippen LogP contribution in [0.2, 0.25) is 10.0 Å². The molecule has 2 amide bonds. The molecule has 0 saturated carbocycles. The lowest BCUT2D eigenvalue weighted by Gasteiger charge is -2.36. The summed E-state index contributed by atoms with van der Waals surface area (Å²) in [6.07, 6.45) is 0.126. The molecule has 2 aromatic rings. The molecule has 0 radical (unpaired) electrons. The summed E-state index contributed by atoms with van der Waals surface area (Å²) in [5, 5.41) is 3.86. The van der Waals surface area contributed by atoms with Gasteiger partial charge in [0.1, 0.15) is 0 Å². The molecule has 2 aromatic carbocycles. The Kier molecular flexibility index (Phi) is 7.71. The number of nitrogens with one attached hydrogen (secondary N) is 1. The van der Waals surface area contributed by atoms with Crippen molar-refractivity contribution in [2.24, 2.45) is 0 Å². The normalized spacial score (nSPS) is 13.8. The predicted octanol–water partition coefficient (Wildman–Crippen LogP) is 3.42. The molecule has 0 aliphatic carbocycles. The maximum atomic E-state index is 12.4. The lowest BCUT2D eigenvalue weighted by Crippen LogP contribution is -2.51. The summed E-state index contributed by atoms with van der Waals surface area (Å²) in [5.74, 6) is -0.569. The second kappa shape index (κ2) is 10.5. The number of hydrogen-bond acceptors (Lipinski definition) is 4. The van der Waals surface area contributed by atoms with Gasteiger partial charge in [-0.15, -0.1) is 0 Å². The van der Waals surface area contributed by atoms with Gasteiger partial charge < -0.3 is 15.1 Å². The van der Waals surface area contributed by atoms with Crippen molar-refractivity contribution in [3.05, 3.63) is 64.1 Å². The van der Waals surface area contributed by atoms with Crippen molar-refractivity contribution in [2.75, 3.05) is 37.6 Å². The van der Waals surface area contributed by atoms with Crippen LogP contribution in [0.4, 0.5) is 5.69 Å². The van der Waals surface area contributed by atoms with Crippen molar-refractivity contribution in [3.63, 3.8) is 0 Å². The number of carbonyl (C=O) groups excluding carboxylic acids is 3. The van der Waals surface area contributed by atoms with Crippen LogP contribution in [0.15, 0.2) is 48.5 Å². The van der Waals surface area contributed by atoms with Gasteiger partial charge in [-0.2, -0.15) is 0 Å². The number of carbonyl (C=O) groups is 3. The molecule has 3 rings (SSSR count). The molecule has 8 heteroatoms. The van der Waals surface area contributed by atoms with Gasteiger partial charge in [0.25, 0.3) is 0 Å². The van der Waals surface area contributed by atoms with Crippen LogP contribution in [-0.4, -0.2) is 55.2 Å². The highest BCUT2D eigenvalue weighted by molar-refractivity contribution is 6.31. The minimum absolute atomic E-state index is 0.0408. The number of Topliss-reactive ketones (excluding diaryl/α,β-unsaturated/α-hetero) is 1. The SMILES string of the molecule is O=C(CCC(=O)c1ccc(Cl)cc1)NCC(=O)N1CCN(c2ccc(Cl)cc2)CC1. The quantitative estimate of drug-likeness (QED) is 0.660. The number of ketones is 1. The van der Waals surface area contributed by atoms with E-state index in [9.17, 15) is 14.4 Å². The second-order valence-electron chi connectivity index (χ2n) is 7.05. The molecule has 0 spiro atoms. The van der Waals surface area contributed by atoms with Crippen molar-refractivity contribution < 1.29 is 14.4 Å². The van der Waals surface area contributed by atoms with Crippen LogP contribution >= 0.6 is 23.2 Å². The van der Waals surface area contributed by atoms with Gasteiger partial charge in [-0.3, -0.25) is 14.4 Å². The highest BCUT2D eigenvalue weighted by Gasteiger charge is 2.21. The minimum Gasteiger partial charge on any atom is -0.368 e. The van der Waals surface area contributed by atoms with E-state index < -0.39 is 0 Å². The molecule has 1 aliphatic rings. The van der Waals surface area contributed by atoms with Crippen LogP contribution in [0.1, 0.15) is 23.2 Å². The number of rotatable bonds is 7. The summed E-state index contributed by atoms with van der Waals surface area (Å²) < 4.78 is 0. The highest BCUT2D eigenvalue weighted by Crippen LogP contribution is 2.19. The Morgan fingerprint density at radius 2 is 1.37 bits per heavy atom. The third kappa shape index (κ3) is 6.21. The summed E-state index contributed by atoms with van der Waals surface area (Å²) in [6.45, 7) is 2.56. The smallest absolute Gasteiger partial charge is 0.242 e. The van der Waals surface area contributed by atoms with E-state index in [-0.39, 0.29) is 37.0 Å². The molecule has 0 atom stereocenters. The first-order valence-corrected chi connectivity index (χ1v) is 10.5. The molecule has 0 aromatic heterocycles. The summed E-state index contributed by atoms with van der Waals surface area (Å²) in [6, 6.07) is 14.2. The van der Waals surface area contributed by atoms with Crippen molar-refractivity contribution >= 4 is 46.5 Å². The maximum Gasteiger partial charge on any atom is 0.242 e.